The number of carbonyl (C=O) groups is 1. The average molecular weight is 343 g/mol. The van der Waals surface area contributed by atoms with Crippen LogP contribution in [0.2, 0.25) is 5.02 Å². The van der Waals surface area contributed by atoms with E-state index in [1.165, 1.54) is 5.56 Å². The molecule has 1 fully saturated rings. The van der Waals surface area contributed by atoms with Gasteiger partial charge in [-0.2, -0.15) is 0 Å². The molecule has 5 heteroatoms. The van der Waals surface area contributed by atoms with Crippen molar-refractivity contribution in [2.75, 3.05) is 25.5 Å². The molecule has 1 saturated heterocycles. The predicted molar refractivity (Wildman–Crippen MR) is 92.4 cm³/mol. The van der Waals surface area contributed by atoms with Gasteiger partial charge in [-0.15, -0.1) is 11.6 Å². The summed E-state index contributed by atoms with van der Waals surface area (Å²) in [6.45, 7) is 7.72. The fourth-order valence-electron chi connectivity index (χ4n) is 3.05. The third-order valence-electron chi connectivity index (χ3n) is 4.09. The first-order chi connectivity index (χ1) is 10.5. The number of carbonyl (C=O) groups excluding carboxylic acids is 1. The highest BCUT2D eigenvalue weighted by Crippen LogP contribution is 2.21. The number of nitrogens with zero attached hydrogens (tertiary/aromatic N) is 2. The fraction of sp³-hybridized carbons (Fsp3) is 0.588. The van der Waals surface area contributed by atoms with Crippen molar-refractivity contribution in [2.45, 2.75) is 32.9 Å². The lowest BCUT2D eigenvalue weighted by Crippen LogP contribution is -2.55. The molecule has 1 amide bonds. The van der Waals surface area contributed by atoms with Crippen molar-refractivity contribution in [3.8, 4) is 0 Å². The molecule has 0 unspecified atom stereocenters. The van der Waals surface area contributed by atoms with Gasteiger partial charge < -0.3 is 4.90 Å². The van der Waals surface area contributed by atoms with Gasteiger partial charge in [0, 0.05) is 37.2 Å². The van der Waals surface area contributed by atoms with Crippen LogP contribution in [0.15, 0.2) is 24.3 Å². The monoisotopic (exact) mass is 342 g/mol. The average Bonchev–Trinajstić information content (AvgIpc) is 2.47. The van der Waals surface area contributed by atoms with Crippen LogP contribution in [0.4, 0.5) is 0 Å². The first-order valence-electron chi connectivity index (χ1n) is 7.82. The zero-order valence-corrected chi connectivity index (χ0v) is 14.8. The molecule has 0 bridgehead atoms. The Bertz CT molecular complexity index is 507. The van der Waals surface area contributed by atoms with Crippen LogP contribution < -0.4 is 0 Å². The van der Waals surface area contributed by atoms with Crippen LogP contribution >= 0.6 is 23.2 Å². The lowest BCUT2D eigenvalue weighted by Gasteiger charge is -2.42. The number of hydrogen-bond acceptors (Lipinski definition) is 2. The predicted octanol–water partition coefficient (Wildman–Crippen LogP) is 3.64. The van der Waals surface area contributed by atoms with Crippen LogP contribution in [0.1, 0.15) is 25.8 Å². The summed E-state index contributed by atoms with van der Waals surface area (Å²) in [5.74, 6) is 0.707. The minimum absolute atomic E-state index is 0.0397. The van der Waals surface area contributed by atoms with Crippen LogP contribution in [0.5, 0.6) is 0 Å². The van der Waals surface area contributed by atoms with Crippen LogP contribution in [-0.4, -0.2) is 47.3 Å². The van der Waals surface area contributed by atoms with E-state index in [1.54, 1.807) is 0 Å². The van der Waals surface area contributed by atoms with E-state index in [0.29, 0.717) is 12.0 Å². The summed E-state index contributed by atoms with van der Waals surface area (Å²) in [6, 6.07) is 8.38. The summed E-state index contributed by atoms with van der Waals surface area (Å²) in [6.07, 6.45) is 1.08. The standard InChI is InChI=1S/C17H24Cl2N2O/c1-13(2)8-16-12-21(17(22)10-18)7-6-20(16)11-14-4-3-5-15(19)9-14/h3-5,9,13,16H,6-8,10-12H2,1-2H3/t16-/m0/s1. The Balaban J connectivity index is 2.06. The second kappa shape index (κ2) is 8.19. The van der Waals surface area contributed by atoms with Gasteiger partial charge in [-0.3, -0.25) is 9.69 Å². The summed E-state index contributed by atoms with van der Waals surface area (Å²) in [5, 5.41) is 0.772. The number of alkyl halides is 1. The Morgan fingerprint density at radius 1 is 1.36 bits per heavy atom. The molecule has 22 heavy (non-hydrogen) atoms. The van der Waals surface area contributed by atoms with Gasteiger partial charge in [0.2, 0.25) is 5.91 Å². The van der Waals surface area contributed by atoms with Gasteiger partial charge >= 0.3 is 0 Å². The Morgan fingerprint density at radius 3 is 2.77 bits per heavy atom. The smallest absolute Gasteiger partial charge is 0.237 e. The molecule has 0 aromatic heterocycles. The van der Waals surface area contributed by atoms with E-state index in [0.717, 1.165) is 37.6 Å². The summed E-state index contributed by atoms with van der Waals surface area (Å²) < 4.78 is 0. The minimum Gasteiger partial charge on any atom is -0.339 e. The maximum atomic E-state index is 11.9. The molecule has 1 aromatic carbocycles. The van der Waals surface area contributed by atoms with Crippen molar-refractivity contribution in [2.24, 2.45) is 5.92 Å². The number of piperazine rings is 1. The topological polar surface area (TPSA) is 23.6 Å². The largest absolute Gasteiger partial charge is 0.339 e. The van der Waals surface area contributed by atoms with Gasteiger partial charge in [-0.1, -0.05) is 37.6 Å². The number of hydrogen-bond donors (Lipinski definition) is 0. The number of halogens is 2. The van der Waals surface area contributed by atoms with E-state index in [1.807, 2.05) is 23.1 Å². The first kappa shape index (κ1) is 17.6. The Morgan fingerprint density at radius 2 is 2.14 bits per heavy atom. The molecule has 0 spiro atoms. The Hall–Kier alpha value is -0.770. The molecule has 122 valence electrons. The molecule has 1 aromatic rings. The molecule has 0 aliphatic carbocycles. The molecule has 3 nitrogen and oxygen atoms in total. The van der Waals surface area contributed by atoms with Crippen LogP contribution in [0.25, 0.3) is 0 Å². The van der Waals surface area contributed by atoms with E-state index >= 15 is 0 Å². The van der Waals surface area contributed by atoms with Crippen LogP contribution in [0.3, 0.4) is 0 Å². The second-order valence-electron chi connectivity index (χ2n) is 6.36. The molecule has 1 heterocycles. The van der Waals surface area contributed by atoms with Crippen molar-refractivity contribution >= 4 is 29.1 Å². The summed E-state index contributed by atoms with van der Waals surface area (Å²) in [7, 11) is 0. The molecular weight excluding hydrogens is 319 g/mol. The number of benzene rings is 1. The Labute approximate surface area is 143 Å². The highest BCUT2D eigenvalue weighted by Gasteiger charge is 2.29. The minimum atomic E-state index is 0.0397. The van der Waals surface area contributed by atoms with Gasteiger partial charge in [-0.25, -0.2) is 0 Å². The van der Waals surface area contributed by atoms with Gasteiger partial charge in [0.25, 0.3) is 0 Å². The van der Waals surface area contributed by atoms with Gasteiger partial charge in [0.1, 0.15) is 5.88 Å². The van der Waals surface area contributed by atoms with Gasteiger partial charge in [0.15, 0.2) is 0 Å². The quantitative estimate of drug-likeness (QED) is 0.762. The third kappa shape index (κ3) is 4.87. The molecule has 0 N–H and O–H groups in total. The lowest BCUT2D eigenvalue weighted by molar-refractivity contribution is -0.131. The summed E-state index contributed by atoms with van der Waals surface area (Å²) in [5.41, 5.74) is 1.22. The molecule has 0 saturated carbocycles. The zero-order chi connectivity index (χ0) is 16.1. The van der Waals surface area contributed by atoms with E-state index < -0.39 is 0 Å². The molecule has 1 aliphatic rings. The number of amides is 1. The van der Waals surface area contributed by atoms with E-state index in [2.05, 4.69) is 24.8 Å². The van der Waals surface area contributed by atoms with Crippen molar-refractivity contribution in [1.29, 1.82) is 0 Å². The highest BCUT2D eigenvalue weighted by atomic mass is 35.5. The van der Waals surface area contributed by atoms with Gasteiger partial charge in [-0.05, 0) is 30.0 Å². The maximum absolute atomic E-state index is 11.9. The van der Waals surface area contributed by atoms with E-state index in [9.17, 15) is 4.79 Å². The SMILES string of the molecule is CC(C)C[C@H]1CN(C(=O)CCl)CCN1Cc1cccc(Cl)c1. The fourth-order valence-corrected chi connectivity index (χ4v) is 3.43. The van der Waals surface area contributed by atoms with E-state index in [4.69, 9.17) is 23.2 Å². The highest BCUT2D eigenvalue weighted by molar-refractivity contribution is 6.30. The molecular formula is C17H24Cl2N2O. The van der Waals surface area contributed by atoms with Gasteiger partial charge in [0.05, 0.1) is 0 Å². The normalized spacial score (nSPS) is 19.7. The maximum Gasteiger partial charge on any atom is 0.237 e. The van der Waals surface area contributed by atoms with Crippen molar-refractivity contribution in [3.63, 3.8) is 0 Å². The zero-order valence-electron chi connectivity index (χ0n) is 13.3. The van der Waals surface area contributed by atoms with Crippen molar-refractivity contribution in [1.82, 2.24) is 9.80 Å². The van der Waals surface area contributed by atoms with Crippen molar-refractivity contribution < 1.29 is 4.79 Å². The molecule has 1 aliphatic heterocycles. The Kier molecular flexibility index (Phi) is 6.54. The summed E-state index contributed by atoms with van der Waals surface area (Å²) in [4.78, 5) is 16.2. The molecule has 0 radical (unpaired) electrons. The van der Waals surface area contributed by atoms with Crippen LogP contribution in [0, 0.1) is 5.92 Å². The second-order valence-corrected chi connectivity index (χ2v) is 7.06. The molecule has 1 atom stereocenters. The lowest BCUT2D eigenvalue weighted by atomic mass is 9.99. The van der Waals surface area contributed by atoms with Crippen molar-refractivity contribution in [3.05, 3.63) is 34.9 Å². The number of rotatable bonds is 5. The first-order valence-corrected chi connectivity index (χ1v) is 8.73. The van der Waals surface area contributed by atoms with Crippen LogP contribution in [-0.2, 0) is 11.3 Å². The van der Waals surface area contributed by atoms with E-state index in [-0.39, 0.29) is 11.8 Å². The summed E-state index contributed by atoms with van der Waals surface area (Å²) >= 11 is 11.8. The third-order valence-corrected chi connectivity index (χ3v) is 4.55. The molecule has 2 rings (SSSR count).